The van der Waals surface area contributed by atoms with Crippen LogP contribution in [0.4, 0.5) is 8.78 Å². The lowest BCUT2D eigenvalue weighted by molar-refractivity contribution is 0.449. The summed E-state index contributed by atoms with van der Waals surface area (Å²) in [6.45, 7) is 4.29. The van der Waals surface area contributed by atoms with E-state index in [0.717, 1.165) is 17.4 Å². The van der Waals surface area contributed by atoms with Crippen LogP contribution in [0.15, 0.2) is 34.9 Å². The monoisotopic (exact) mass is 251 g/mol. The summed E-state index contributed by atoms with van der Waals surface area (Å²) in [5, 5.41) is 3.15. The van der Waals surface area contributed by atoms with Crippen molar-refractivity contribution in [2.75, 3.05) is 0 Å². The summed E-state index contributed by atoms with van der Waals surface area (Å²) in [5.74, 6) is -0.277. The zero-order valence-corrected chi connectivity index (χ0v) is 10.3. The Morgan fingerprint density at radius 1 is 1.28 bits per heavy atom. The topological polar surface area (TPSA) is 25.2 Å². The van der Waals surface area contributed by atoms with Crippen LogP contribution in [0.25, 0.3) is 0 Å². The third-order valence-corrected chi connectivity index (χ3v) is 2.97. The number of aryl methyl sites for hydroxylation is 1. The normalized spacial score (nSPS) is 12.7. The molecular formula is C14H15F2NO. The first-order valence-electron chi connectivity index (χ1n) is 5.79. The van der Waals surface area contributed by atoms with Gasteiger partial charge in [-0.3, -0.25) is 0 Å². The first-order valence-corrected chi connectivity index (χ1v) is 5.79. The molecule has 0 aliphatic rings. The fourth-order valence-corrected chi connectivity index (χ4v) is 1.79. The largest absolute Gasteiger partial charge is 0.468 e. The summed E-state index contributed by atoms with van der Waals surface area (Å²) in [4.78, 5) is 0. The van der Waals surface area contributed by atoms with Crippen LogP contribution < -0.4 is 5.32 Å². The summed E-state index contributed by atoms with van der Waals surface area (Å²) in [6.07, 6.45) is 1.62. The van der Waals surface area contributed by atoms with Crippen LogP contribution in [0.5, 0.6) is 0 Å². The lowest BCUT2D eigenvalue weighted by atomic mass is 10.1. The molecule has 0 radical (unpaired) electrons. The van der Waals surface area contributed by atoms with E-state index in [1.807, 2.05) is 19.9 Å². The smallest absolute Gasteiger partial charge is 0.130 e. The number of furan rings is 1. The summed E-state index contributed by atoms with van der Waals surface area (Å²) < 4.78 is 31.6. The summed E-state index contributed by atoms with van der Waals surface area (Å²) >= 11 is 0. The Kier molecular flexibility index (Phi) is 3.77. The Balaban J connectivity index is 2.03. The molecule has 0 amide bonds. The SMILES string of the molecule is Cc1ccoc1CNC(C)c1ccc(F)cc1F. The van der Waals surface area contributed by atoms with E-state index in [1.165, 1.54) is 12.1 Å². The molecule has 1 heterocycles. The maximum Gasteiger partial charge on any atom is 0.130 e. The maximum atomic E-state index is 13.5. The highest BCUT2D eigenvalue weighted by atomic mass is 19.1. The van der Waals surface area contributed by atoms with Gasteiger partial charge in [0.1, 0.15) is 17.4 Å². The van der Waals surface area contributed by atoms with Gasteiger partial charge in [-0.1, -0.05) is 6.07 Å². The van der Waals surface area contributed by atoms with Gasteiger partial charge in [-0.05, 0) is 31.5 Å². The highest BCUT2D eigenvalue weighted by Gasteiger charge is 2.12. The van der Waals surface area contributed by atoms with Crippen LogP contribution in [0.3, 0.4) is 0 Å². The van der Waals surface area contributed by atoms with Gasteiger partial charge in [0.25, 0.3) is 0 Å². The van der Waals surface area contributed by atoms with Crippen molar-refractivity contribution >= 4 is 0 Å². The predicted octanol–water partition coefficient (Wildman–Crippen LogP) is 3.72. The van der Waals surface area contributed by atoms with E-state index in [2.05, 4.69) is 5.32 Å². The van der Waals surface area contributed by atoms with Crippen molar-refractivity contribution < 1.29 is 13.2 Å². The zero-order valence-electron chi connectivity index (χ0n) is 10.3. The molecule has 2 aromatic rings. The molecule has 1 unspecified atom stereocenters. The number of nitrogens with one attached hydrogen (secondary N) is 1. The van der Waals surface area contributed by atoms with Gasteiger partial charge >= 0.3 is 0 Å². The van der Waals surface area contributed by atoms with Gasteiger partial charge < -0.3 is 9.73 Å². The predicted molar refractivity (Wildman–Crippen MR) is 65.1 cm³/mol. The van der Waals surface area contributed by atoms with Crippen molar-refractivity contribution in [1.82, 2.24) is 5.32 Å². The molecule has 2 rings (SSSR count). The Hall–Kier alpha value is -1.68. The summed E-state index contributed by atoms with van der Waals surface area (Å²) in [6, 6.07) is 5.27. The minimum Gasteiger partial charge on any atom is -0.468 e. The van der Waals surface area contributed by atoms with Crippen LogP contribution in [0, 0.1) is 18.6 Å². The molecule has 0 aliphatic heterocycles. The number of hydrogen-bond donors (Lipinski definition) is 1. The lowest BCUT2D eigenvalue weighted by Gasteiger charge is -2.14. The first-order chi connectivity index (χ1) is 8.58. The van der Waals surface area contributed by atoms with Crippen LogP contribution in [-0.2, 0) is 6.54 Å². The molecule has 4 heteroatoms. The van der Waals surface area contributed by atoms with Crippen molar-refractivity contribution in [3.63, 3.8) is 0 Å². The average molecular weight is 251 g/mol. The van der Waals surface area contributed by atoms with Crippen LogP contribution in [0.2, 0.25) is 0 Å². The van der Waals surface area contributed by atoms with Gasteiger partial charge in [0.05, 0.1) is 12.8 Å². The van der Waals surface area contributed by atoms with Crippen molar-refractivity contribution in [3.05, 3.63) is 59.1 Å². The molecule has 18 heavy (non-hydrogen) atoms. The molecule has 0 fully saturated rings. The number of halogens is 2. The second kappa shape index (κ2) is 5.31. The van der Waals surface area contributed by atoms with E-state index < -0.39 is 11.6 Å². The molecular weight excluding hydrogens is 236 g/mol. The highest BCUT2D eigenvalue weighted by Crippen LogP contribution is 2.18. The molecule has 0 aliphatic carbocycles. The van der Waals surface area contributed by atoms with E-state index in [4.69, 9.17) is 4.42 Å². The molecule has 96 valence electrons. The zero-order chi connectivity index (χ0) is 13.1. The van der Waals surface area contributed by atoms with Crippen LogP contribution >= 0.6 is 0 Å². The van der Waals surface area contributed by atoms with Gasteiger partial charge in [-0.15, -0.1) is 0 Å². The third-order valence-electron chi connectivity index (χ3n) is 2.97. The van der Waals surface area contributed by atoms with E-state index in [-0.39, 0.29) is 6.04 Å². The summed E-state index contributed by atoms with van der Waals surface area (Å²) in [5.41, 5.74) is 1.50. The van der Waals surface area contributed by atoms with Crippen molar-refractivity contribution in [3.8, 4) is 0 Å². The van der Waals surface area contributed by atoms with E-state index in [1.54, 1.807) is 6.26 Å². The second-order valence-corrected chi connectivity index (χ2v) is 4.30. The Morgan fingerprint density at radius 3 is 2.67 bits per heavy atom. The Morgan fingerprint density at radius 2 is 2.06 bits per heavy atom. The van der Waals surface area contributed by atoms with Gasteiger partial charge in [-0.25, -0.2) is 8.78 Å². The molecule has 0 spiro atoms. The van der Waals surface area contributed by atoms with Crippen molar-refractivity contribution in [1.29, 1.82) is 0 Å². The van der Waals surface area contributed by atoms with Gasteiger partial charge in [-0.2, -0.15) is 0 Å². The Labute approximate surface area is 105 Å². The quantitative estimate of drug-likeness (QED) is 0.896. The third kappa shape index (κ3) is 2.76. The van der Waals surface area contributed by atoms with E-state index in [0.29, 0.717) is 12.1 Å². The average Bonchev–Trinajstić information content (AvgIpc) is 2.72. The molecule has 1 N–H and O–H groups in total. The van der Waals surface area contributed by atoms with Crippen LogP contribution in [0.1, 0.15) is 29.9 Å². The first kappa shape index (κ1) is 12.8. The van der Waals surface area contributed by atoms with Gasteiger partial charge in [0, 0.05) is 17.7 Å². The van der Waals surface area contributed by atoms with E-state index in [9.17, 15) is 8.78 Å². The minimum atomic E-state index is -0.565. The van der Waals surface area contributed by atoms with Crippen molar-refractivity contribution in [2.24, 2.45) is 0 Å². The lowest BCUT2D eigenvalue weighted by Crippen LogP contribution is -2.19. The number of rotatable bonds is 4. The fourth-order valence-electron chi connectivity index (χ4n) is 1.79. The second-order valence-electron chi connectivity index (χ2n) is 4.30. The molecule has 2 nitrogen and oxygen atoms in total. The maximum absolute atomic E-state index is 13.5. The molecule has 1 atom stereocenters. The molecule has 0 bridgehead atoms. The van der Waals surface area contributed by atoms with Gasteiger partial charge in [0.15, 0.2) is 0 Å². The molecule has 0 saturated heterocycles. The summed E-state index contributed by atoms with van der Waals surface area (Å²) in [7, 11) is 0. The number of hydrogen-bond acceptors (Lipinski definition) is 2. The fraction of sp³-hybridized carbons (Fsp3) is 0.286. The molecule has 0 saturated carbocycles. The number of benzene rings is 1. The van der Waals surface area contributed by atoms with Crippen LogP contribution in [-0.4, -0.2) is 0 Å². The molecule has 1 aromatic heterocycles. The highest BCUT2D eigenvalue weighted by molar-refractivity contribution is 5.22. The standard InChI is InChI=1S/C14H15F2NO/c1-9-5-6-18-14(9)8-17-10(2)12-4-3-11(15)7-13(12)16/h3-7,10,17H,8H2,1-2H3. The van der Waals surface area contributed by atoms with Crippen molar-refractivity contribution in [2.45, 2.75) is 26.4 Å². The van der Waals surface area contributed by atoms with E-state index >= 15 is 0 Å². The minimum absolute atomic E-state index is 0.213. The molecule has 1 aromatic carbocycles. The Bertz CT molecular complexity index is 536. The van der Waals surface area contributed by atoms with Gasteiger partial charge in [0.2, 0.25) is 0 Å².